The Kier molecular flexibility index (Phi) is 3.97. The molecule has 2 aromatic carbocycles. The number of carbonyl (C=O) groups excluding carboxylic acids is 1. The molecule has 21 heavy (non-hydrogen) atoms. The average molecular weight is 301 g/mol. The lowest BCUT2D eigenvalue weighted by molar-refractivity contribution is 0.0985. The van der Waals surface area contributed by atoms with Gasteiger partial charge in [-0.3, -0.25) is 4.79 Å². The van der Waals surface area contributed by atoms with Crippen LogP contribution in [0, 0.1) is 5.82 Å². The first-order valence-electron chi connectivity index (χ1n) is 6.93. The van der Waals surface area contributed by atoms with Crippen LogP contribution < -0.4 is 4.90 Å². The van der Waals surface area contributed by atoms with Crippen molar-refractivity contribution in [2.75, 3.05) is 17.7 Å². The van der Waals surface area contributed by atoms with Crippen LogP contribution in [0.3, 0.4) is 0 Å². The summed E-state index contributed by atoms with van der Waals surface area (Å²) in [5.41, 5.74) is 2.42. The summed E-state index contributed by atoms with van der Waals surface area (Å²) in [6.07, 6.45) is 3.69. The molecule has 108 valence electrons. The van der Waals surface area contributed by atoms with Crippen LogP contribution in [0.25, 0.3) is 0 Å². The molecule has 0 aliphatic carbocycles. The van der Waals surface area contributed by atoms with Gasteiger partial charge >= 0.3 is 0 Å². The molecule has 4 heteroatoms. The standard InChI is InChI=1S/C17H16FNOS/c1-21-15-7-4-12(5-8-15)17(20)19-10-2-3-13-11-14(18)6-9-16(13)19/h4-9,11H,2-3,10H2,1H3. The SMILES string of the molecule is CSc1ccc(C(=O)N2CCCc3cc(F)ccc32)cc1. The smallest absolute Gasteiger partial charge is 0.258 e. The van der Waals surface area contributed by atoms with Crippen LogP contribution in [0.15, 0.2) is 47.4 Å². The first-order valence-corrected chi connectivity index (χ1v) is 8.16. The summed E-state index contributed by atoms with van der Waals surface area (Å²) in [6, 6.07) is 12.3. The van der Waals surface area contributed by atoms with Gasteiger partial charge in [-0.15, -0.1) is 11.8 Å². The Labute approximate surface area is 128 Å². The Morgan fingerprint density at radius 2 is 1.95 bits per heavy atom. The molecule has 0 radical (unpaired) electrons. The van der Waals surface area contributed by atoms with E-state index in [1.165, 1.54) is 12.1 Å². The molecule has 1 amide bonds. The van der Waals surface area contributed by atoms with Gasteiger partial charge in [-0.05, 0) is 67.1 Å². The van der Waals surface area contributed by atoms with E-state index in [4.69, 9.17) is 0 Å². The van der Waals surface area contributed by atoms with Crippen molar-refractivity contribution in [2.24, 2.45) is 0 Å². The molecular formula is C17H16FNOS. The number of hydrogen-bond acceptors (Lipinski definition) is 2. The Hall–Kier alpha value is -1.81. The van der Waals surface area contributed by atoms with E-state index < -0.39 is 0 Å². The number of anilines is 1. The summed E-state index contributed by atoms with van der Waals surface area (Å²) in [6.45, 7) is 0.682. The summed E-state index contributed by atoms with van der Waals surface area (Å²) >= 11 is 1.65. The predicted molar refractivity (Wildman–Crippen MR) is 84.6 cm³/mol. The maximum atomic E-state index is 13.3. The van der Waals surface area contributed by atoms with E-state index >= 15 is 0 Å². The number of fused-ring (bicyclic) bond motifs is 1. The molecule has 1 heterocycles. The zero-order valence-corrected chi connectivity index (χ0v) is 12.6. The zero-order chi connectivity index (χ0) is 14.8. The van der Waals surface area contributed by atoms with E-state index in [2.05, 4.69) is 0 Å². The number of thioether (sulfide) groups is 1. The van der Waals surface area contributed by atoms with Crippen molar-refractivity contribution in [2.45, 2.75) is 17.7 Å². The minimum atomic E-state index is -0.243. The lowest BCUT2D eigenvalue weighted by Crippen LogP contribution is -2.35. The fraction of sp³-hybridized carbons (Fsp3) is 0.235. The fourth-order valence-electron chi connectivity index (χ4n) is 2.67. The summed E-state index contributed by atoms with van der Waals surface area (Å²) < 4.78 is 13.3. The minimum absolute atomic E-state index is 0.0183. The third-order valence-corrected chi connectivity index (χ3v) is 4.49. The van der Waals surface area contributed by atoms with Gasteiger partial charge in [-0.1, -0.05) is 0 Å². The van der Waals surface area contributed by atoms with Crippen LogP contribution in [0.2, 0.25) is 0 Å². The molecule has 0 saturated heterocycles. The van der Waals surface area contributed by atoms with Crippen LogP contribution in [0.4, 0.5) is 10.1 Å². The van der Waals surface area contributed by atoms with Crippen molar-refractivity contribution in [1.29, 1.82) is 0 Å². The number of rotatable bonds is 2. The first-order chi connectivity index (χ1) is 10.2. The summed E-state index contributed by atoms with van der Waals surface area (Å²) in [5, 5.41) is 0. The second-order valence-electron chi connectivity index (χ2n) is 5.06. The van der Waals surface area contributed by atoms with Crippen LogP contribution in [0.1, 0.15) is 22.3 Å². The Balaban J connectivity index is 1.92. The Morgan fingerprint density at radius 1 is 1.19 bits per heavy atom. The second kappa shape index (κ2) is 5.90. The van der Waals surface area contributed by atoms with E-state index in [-0.39, 0.29) is 11.7 Å². The number of halogens is 1. The molecule has 1 aliphatic rings. The normalized spacial score (nSPS) is 13.9. The molecule has 0 spiro atoms. The zero-order valence-electron chi connectivity index (χ0n) is 11.8. The molecule has 0 saturated carbocycles. The molecule has 1 aliphatic heterocycles. The quantitative estimate of drug-likeness (QED) is 0.777. The predicted octanol–water partition coefficient (Wildman–Crippen LogP) is 4.14. The molecule has 0 bridgehead atoms. The number of amides is 1. The van der Waals surface area contributed by atoms with E-state index in [1.807, 2.05) is 30.5 Å². The van der Waals surface area contributed by atoms with Crippen molar-refractivity contribution in [3.05, 3.63) is 59.4 Å². The highest BCUT2D eigenvalue weighted by Gasteiger charge is 2.23. The number of hydrogen-bond donors (Lipinski definition) is 0. The van der Waals surface area contributed by atoms with Crippen LogP contribution in [-0.4, -0.2) is 18.7 Å². The Bertz CT molecular complexity index is 669. The number of carbonyl (C=O) groups is 1. The Morgan fingerprint density at radius 3 is 2.67 bits per heavy atom. The third-order valence-electron chi connectivity index (χ3n) is 3.74. The lowest BCUT2D eigenvalue weighted by atomic mass is 10.0. The molecule has 0 atom stereocenters. The molecule has 0 fully saturated rings. The van der Waals surface area contributed by atoms with Crippen molar-refractivity contribution in [3.63, 3.8) is 0 Å². The summed E-state index contributed by atoms with van der Waals surface area (Å²) in [5.74, 6) is -0.261. The first kappa shape index (κ1) is 14.1. The highest BCUT2D eigenvalue weighted by atomic mass is 32.2. The monoisotopic (exact) mass is 301 g/mol. The number of aryl methyl sites for hydroxylation is 1. The van der Waals surface area contributed by atoms with E-state index in [0.717, 1.165) is 29.0 Å². The van der Waals surface area contributed by atoms with Crippen molar-refractivity contribution < 1.29 is 9.18 Å². The minimum Gasteiger partial charge on any atom is -0.308 e. The maximum absolute atomic E-state index is 13.3. The molecule has 2 nitrogen and oxygen atoms in total. The van der Waals surface area contributed by atoms with Gasteiger partial charge in [-0.2, -0.15) is 0 Å². The third kappa shape index (κ3) is 2.81. The van der Waals surface area contributed by atoms with Crippen molar-refractivity contribution in [3.8, 4) is 0 Å². The molecule has 2 aromatic rings. The average Bonchev–Trinajstić information content (AvgIpc) is 2.53. The van der Waals surface area contributed by atoms with Gasteiger partial charge in [0, 0.05) is 22.7 Å². The maximum Gasteiger partial charge on any atom is 0.258 e. The molecule has 0 unspecified atom stereocenters. The van der Waals surface area contributed by atoms with E-state index in [1.54, 1.807) is 22.7 Å². The number of nitrogens with zero attached hydrogens (tertiary/aromatic N) is 1. The lowest BCUT2D eigenvalue weighted by Gasteiger charge is -2.29. The van der Waals surface area contributed by atoms with E-state index in [9.17, 15) is 9.18 Å². The van der Waals surface area contributed by atoms with Gasteiger partial charge in [0.2, 0.25) is 0 Å². The van der Waals surface area contributed by atoms with Gasteiger partial charge in [0.05, 0.1) is 0 Å². The fourth-order valence-corrected chi connectivity index (χ4v) is 3.07. The van der Waals surface area contributed by atoms with E-state index in [0.29, 0.717) is 12.1 Å². The van der Waals surface area contributed by atoms with Crippen LogP contribution in [0.5, 0.6) is 0 Å². The van der Waals surface area contributed by atoms with Crippen molar-refractivity contribution in [1.82, 2.24) is 0 Å². The van der Waals surface area contributed by atoms with Gasteiger partial charge in [-0.25, -0.2) is 4.39 Å². The van der Waals surface area contributed by atoms with Crippen molar-refractivity contribution >= 4 is 23.4 Å². The largest absolute Gasteiger partial charge is 0.308 e. The highest BCUT2D eigenvalue weighted by Crippen LogP contribution is 2.29. The highest BCUT2D eigenvalue weighted by molar-refractivity contribution is 7.98. The molecular weight excluding hydrogens is 285 g/mol. The molecule has 3 rings (SSSR count). The van der Waals surface area contributed by atoms with Gasteiger partial charge in [0.25, 0.3) is 5.91 Å². The van der Waals surface area contributed by atoms with Crippen LogP contribution in [-0.2, 0) is 6.42 Å². The van der Waals surface area contributed by atoms with Gasteiger partial charge < -0.3 is 4.90 Å². The van der Waals surface area contributed by atoms with Gasteiger partial charge in [0.1, 0.15) is 5.82 Å². The number of benzene rings is 2. The molecule has 0 aromatic heterocycles. The topological polar surface area (TPSA) is 20.3 Å². The second-order valence-corrected chi connectivity index (χ2v) is 5.94. The van der Waals surface area contributed by atoms with Gasteiger partial charge in [0.15, 0.2) is 0 Å². The van der Waals surface area contributed by atoms with Crippen LogP contribution >= 0.6 is 11.8 Å². The summed E-state index contributed by atoms with van der Waals surface area (Å²) in [7, 11) is 0. The molecule has 0 N–H and O–H groups in total. The summed E-state index contributed by atoms with van der Waals surface area (Å²) in [4.78, 5) is 15.6.